The van der Waals surface area contributed by atoms with Crippen molar-refractivity contribution in [1.29, 1.82) is 0 Å². The Labute approximate surface area is 66.1 Å². The van der Waals surface area contributed by atoms with Crippen LogP contribution in [0.4, 0.5) is 0 Å². The van der Waals surface area contributed by atoms with E-state index in [1.165, 1.54) is 0 Å². The lowest BCUT2D eigenvalue weighted by atomic mass is 10.8. The van der Waals surface area contributed by atoms with E-state index in [1.54, 1.807) is 6.08 Å². The summed E-state index contributed by atoms with van der Waals surface area (Å²) in [6, 6.07) is 0.587. The van der Waals surface area contributed by atoms with Gasteiger partial charge in [0.1, 0.15) is 0 Å². The van der Waals surface area contributed by atoms with E-state index in [4.69, 9.17) is 26.6 Å². The maximum absolute atomic E-state index is 5.75. The molecule has 0 amide bonds. The zero-order valence-corrected chi connectivity index (χ0v) is 7.87. The lowest BCUT2D eigenvalue weighted by Gasteiger charge is -2.12. The first kappa shape index (κ1) is 9.50. The highest BCUT2D eigenvalue weighted by Crippen LogP contribution is 2.21. The van der Waals surface area contributed by atoms with Crippen molar-refractivity contribution >= 4 is 29.1 Å². The molecule has 0 aliphatic heterocycles. The summed E-state index contributed by atoms with van der Waals surface area (Å²) in [5.74, 6) is 0. The molecule has 0 N–H and O–H groups in total. The summed E-state index contributed by atoms with van der Waals surface area (Å²) < 4.78 is 5.07. The van der Waals surface area contributed by atoms with Gasteiger partial charge < -0.3 is 4.43 Å². The SMILES string of the molecule is C=CC[Si](Cl)(Cl)OCC. The number of hydrogen-bond acceptors (Lipinski definition) is 1. The molecule has 0 bridgehead atoms. The van der Waals surface area contributed by atoms with Gasteiger partial charge in [-0.05, 0) is 6.92 Å². The molecule has 0 rings (SSSR count). The van der Waals surface area contributed by atoms with Gasteiger partial charge in [0.25, 0.3) is 0 Å². The third-order valence-corrected chi connectivity index (χ3v) is 3.79. The molecule has 0 fully saturated rings. The average Bonchev–Trinajstić information content (AvgIpc) is 1.64. The zero-order valence-electron chi connectivity index (χ0n) is 5.36. The predicted molar refractivity (Wildman–Crippen MR) is 44.1 cm³/mol. The highest BCUT2D eigenvalue weighted by Gasteiger charge is 2.27. The van der Waals surface area contributed by atoms with Gasteiger partial charge in [0.05, 0.1) is 0 Å². The van der Waals surface area contributed by atoms with Crippen LogP contribution in [0.3, 0.4) is 0 Å². The number of hydrogen-bond donors (Lipinski definition) is 0. The summed E-state index contributed by atoms with van der Waals surface area (Å²) in [5.41, 5.74) is 0. The van der Waals surface area contributed by atoms with Gasteiger partial charge in [-0.1, -0.05) is 6.08 Å². The van der Waals surface area contributed by atoms with E-state index in [0.717, 1.165) is 0 Å². The van der Waals surface area contributed by atoms with Crippen molar-refractivity contribution in [3.63, 3.8) is 0 Å². The van der Waals surface area contributed by atoms with Crippen molar-refractivity contribution in [2.24, 2.45) is 0 Å². The summed E-state index contributed by atoms with van der Waals surface area (Å²) in [4.78, 5) is 0. The third kappa shape index (κ3) is 4.97. The van der Waals surface area contributed by atoms with Crippen molar-refractivity contribution < 1.29 is 4.43 Å². The van der Waals surface area contributed by atoms with Crippen LogP contribution in [0.2, 0.25) is 6.04 Å². The van der Waals surface area contributed by atoms with E-state index < -0.39 is 6.94 Å². The second-order valence-corrected chi connectivity index (χ2v) is 7.78. The van der Waals surface area contributed by atoms with Crippen molar-refractivity contribution in [3.05, 3.63) is 12.7 Å². The maximum Gasteiger partial charge on any atom is 0.393 e. The Morgan fingerprint density at radius 2 is 2.22 bits per heavy atom. The van der Waals surface area contributed by atoms with Gasteiger partial charge in [-0.15, -0.1) is 28.7 Å². The van der Waals surface area contributed by atoms with Gasteiger partial charge in [-0.25, -0.2) is 0 Å². The Morgan fingerprint density at radius 3 is 2.56 bits per heavy atom. The Bertz CT molecular complexity index is 95.0. The Morgan fingerprint density at radius 1 is 1.67 bits per heavy atom. The molecule has 0 aliphatic rings. The van der Waals surface area contributed by atoms with Gasteiger partial charge in [0, 0.05) is 12.7 Å². The number of halogens is 2. The summed E-state index contributed by atoms with van der Waals surface area (Å²) in [6.07, 6.45) is 1.68. The third-order valence-electron chi connectivity index (χ3n) is 0.737. The second kappa shape index (κ2) is 4.33. The zero-order chi connectivity index (χ0) is 7.33. The highest BCUT2D eigenvalue weighted by molar-refractivity contribution is 7.42. The van der Waals surface area contributed by atoms with Crippen LogP contribution in [0, 0.1) is 0 Å². The number of allylic oxidation sites excluding steroid dienone is 1. The first-order valence-electron chi connectivity index (χ1n) is 2.75. The molecule has 54 valence electrons. The van der Waals surface area contributed by atoms with Crippen molar-refractivity contribution in [2.45, 2.75) is 13.0 Å². The number of rotatable bonds is 4. The molecule has 0 radical (unpaired) electrons. The topological polar surface area (TPSA) is 9.23 Å². The summed E-state index contributed by atoms with van der Waals surface area (Å²) in [5, 5.41) is 0. The molecule has 0 spiro atoms. The molecule has 9 heavy (non-hydrogen) atoms. The van der Waals surface area contributed by atoms with E-state index >= 15 is 0 Å². The van der Waals surface area contributed by atoms with Crippen molar-refractivity contribution in [1.82, 2.24) is 0 Å². The molecule has 0 aromatic rings. The Balaban J connectivity index is 3.55. The largest absolute Gasteiger partial charge is 0.393 e. The fourth-order valence-electron chi connectivity index (χ4n) is 0.438. The smallest absolute Gasteiger partial charge is 0.392 e. The van der Waals surface area contributed by atoms with E-state index in [2.05, 4.69) is 6.58 Å². The second-order valence-electron chi connectivity index (χ2n) is 1.56. The molecular formula is C5H10Cl2OSi. The molecule has 0 heterocycles. The molecule has 0 saturated carbocycles. The van der Waals surface area contributed by atoms with Gasteiger partial charge in [0.2, 0.25) is 0 Å². The molecule has 0 saturated heterocycles. The van der Waals surface area contributed by atoms with Gasteiger partial charge in [-0.3, -0.25) is 0 Å². The lowest BCUT2D eigenvalue weighted by Crippen LogP contribution is -2.22. The van der Waals surface area contributed by atoms with Crippen LogP contribution in [-0.4, -0.2) is 13.5 Å². The maximum atomic E-state index is 5.75. The summed E-state index contributed by atoms with van der Waals surface area (Å²) in [6.45, 7) is 3.58. The minimum absolute atomic E-state index is 0.576. The van der Waals surface area contributed by atoms with Crippen LogP contribution in [-0.2, 0) is 4.43 Å². The molecule has 0 unspecified atom stereocenters. The molecule has 0 aromatic heterocycles. The Hall–Kier alpha value is 0.497. The first-order chi connectivity index (χ1) is 4.12. The van der Waals surface area contributed by atoms with Crippen molar-refractivity contribution in [3.8, 4) is 0 Å². The molecule has 0 aliphatic carbocycles. The average molecular weight is 185 g/mol. The molecule has 1 nitrogen and oxygen atoms in total. The molecular weight excluding hydrogens is 175 g/mol. The van der Waals surface area contributed by atoms with Crippen LogP contribution >= 0.6 is 22.2 Å². The van der Waals surface area contributed by atoms with Crippen LogP contribution in [0.5, 0.6) is 0 Å². The van der Waals surface area contributed by atoms with Crippen LogP contribution in [0.1, 0.15) is 6.92 Å². The van der Waals surface area contributed by atoms with Gasteiger partial charge >= 0.3 is 6.94 Å². The molecule has 4 heteroatoms. The fraction of sp³-hybridized carbons (Fsp3) is 0.600. The standard InChI is InChI=1S/C5H10Cl2OSi/c1-3-5-9(6,7)8-4-2/h3H,1,4-5H2,2H3. The lowest BCUT2D eigenvalue weighted by molar-refractivity contribution is 0.350. The first-order valence-corrected chi connectivity index (χ1v) is 6.89. The minimum Gasteiger partial charge on any atom is -0.392 e. The van der Waals surface area contributed by atoms with E-state index in [9.17, 15) is 0 Å². The predicted octanol–water partition coefficient (Wildman–Crippen LogP) is 2.63. The van der Waals surface area contributed by atoms with Crippen LogP contribution in [0.25, 0.3) is 0 Å². The fourth-order valence-corrected chi connectivity index (χ4v) is 2.62. The Kier molecular flexibility index (Phi) is 4.57. The molecule has 0 atom stereocenters. The van der Waals surface area contributed by atoms with Crippen LogP contribution < -0.4 is 0 Å². The van der Waals surface area contributed by atoms with Crippen molar-refractivity contribution in [2.75, 3.05) is 6.61 Å². The summed E-state index contributed by atoms with van der Waals surface area (Å²) >= 11 is 11.5. The van der Waals surface area contributed by atoms with Crippen LogP contribution in [0.15, 0.2) is 12.7 Å². The van der Waals surface area contributed by atoms with E-state index in [0.29, 0.717) is 12.7 Å². The van der Waals surface area contributed by atoms with Gasteiger partial charge in [-0.2, -0.15) is 0 Å². The van der Waals surface area contributed by atoms with E-state index in [-0.39, 0.29) is 0 Å². The highest BCUT2D eigenvalue weighted by atomic mass is 35.7. The monoisotopic (exact) mass is 184 g/mol. The quantitative estimate of drug-likeness (QED) is 0.371. The normalized spacial score (nSPS) is 11.4. The van der Waals surface area contributed by atoms with E-state index in [1.807, 2.05) is 6.92 Å². The minimum atomic E-state index is -2.38. The summed E-state index contributed by atoms with van der Waals surface area (Å²) in [7, 11) is 0. The van der Waals surface area contributed by atoms with Gasteiger partial charge in [0.15, 0.2) is 0 Å². The molecule has 0 aromatic carbocycles.